The summed E-state index contributed by atoms with van der Waals surface area (Å²) in [5, 5.41) is 13.3. The molecule has 2 N–H and O–H groups in total. The van der Waals surface area contributed by atoms with Gasteiger partial charge in [0.2, 0.25) is 0 Å². The van der Waals surface area contributed by atoms with Crippen molar-refractivity contribution in [2.75, 3.05) is 6.54 Å². The van der Waals surface area contributed by atoms with Gasteiger partial charge in [-0.2, -0.15) is 0 Å². The first-order chi connectivity index (χ1) is 10.3. The lowest BCUT2D eigenvalue weighted by atomic mass is 9.97. The van der Waals surface area contributed by atoms with Crippen LogP contribution in [0.5, 0.6) is 0 Å². The molecule has 0 radical (unpaired) electrons. The Labute approximate surface area is 134 Å². The molecule has 5 heteroatoms. The highest BCUT2D eigenvalue weighted by atomic mass is 16.6. The number of piperidine rings is 1. The van der Waals surface area contributed by atoms with Crippen LogP contribution in [0, 0.1) is 0 Å². The summed E-state index contributed by atoms with van der Waals surface area (Å²) in [4.78, 5) is 14.3. The van der Waals surface area contributed by atoms with Gasteiger partial charge in [-0.15, -0.1) is 0 Å². The number of carbonyl (C=O) groups excluding carboxylic acids is 1. The van der Waals surface area contributed by atoms with Crippen LogP contribution < -0.4 is 5.32 Å². The van der Waals surface area contributed by atoms with Crippen molar-refractivity contribution in [1.29, 1.82) is 0 Å². The number of fused-ring (bicyclic) bond motifs is 2. The molecule has 3 unspecified atom stereocenters. The Hall–Kier alpha value is -0.810. The van der Waals surface area contributed by atoms with Crippen molar-refractivity contribution < 1.29 is 14.6 Å². The lowest BCUT2D eigenvalue weighted by molar-refractivity contribution is 0.00412. The fourth-order valence-electron chi connectivity index (χ4n) is 3.69. The first-order valence-corrected chi connectivity index (χ1v) is 8.73. The van der Waals surface area contributed by atoms with E-state index in [1.807, 2.05) is 25.7 Å². The van der Waals surface area contributed by atoms with Crippen LogP contribution in [0.3, 0.4) is 0 Å². The van der Waals surface area contributed by atoms with E-state index < -0.39 is 5.60 Å². The standard InChI is InChI=1S/C17H32N2O3/c1-5-6-15(20)11-18-12-9-13-7-8-14(10-12)19(13)16(21)22-17(2,3)4/h12-15,18,20H,5-11H2,1-4H3. The van der Waals surface area contributed by atoms with Crippen LogP contribution in [-0.2, 0) is 4.74 Å². The molecule has 0 aromatic carbocycles. The maximum absolute atomic E-state index is 12.4. The number of hydrogen-bond donors (Lipinski definition) is 2. The SMILES string of the molecule is CCCC(O)CNC1CC2CCC(C1)N2C(=O)OC(C)(C)C. The van der Waals surface area contributed by atoms with E-state index >= 15 is 0 Å². The van der Waals surface area contributed by atoms with Gasteiger partial charge in [0.05, 0.1) is 6.10 Å². The van der Waals surface area contributed by atoms with E-state index in [1.54, 1.807) is 0 Å². The lowest BCUT2D eigenvalue weighted by Gasteiger charge is -2.40. The van der Waals surface area contributed by atoms with Gasteiger partial charge in [-0.25, -0.2) is 4.79 Å². The number of amides is 1. The summed E-state index contributed by atoms with van der Waals surface area (Å²) in [6.45, 7) is 8.48. The Kier molecular flexibility index (Phi) is 5.72. The molecule has 128 valence electrons. The number of nitrogens with one attached hydrogen (secondary N) is 1. The molecule has 2 saturated heterocycles. The average molecular weight is 312 g/mol. The third kappa shape index (κ3) is 4.59. The van der Waals surface area contributed by atoms with Crippen LogP contribution in [0.4, 0.5) is 4.79 Å². The van der Waals surface area contributed by atoms with E-state index in [0.29, 0.717) is 12.6 Å². The molecule has 0 aliphatic carbocycles. The highest BCUT2D eigenvalue weighted by Gasteiger charge is 2.44. The quantitative estimate of drug-likeness (QED) is 0.819. The van der Waals surface area contributed by atoms with E-state index in [4.69, 9.17) is 4.74 Å². The number of rotatable bonds is 5. The van der Waals surface area contributed by atoms with Gasteiger partial charge in [0, 0.05) is 24.7 Å². The summed E-state index contributed by atoms with van der Waals surface area (Å²) >= 11 is 0. The topological polar surface area (TPSA) is 61.8 Å². The molecular formula is C17H32N2O3. The van der Waals surface area contributed by atoms with Crippen molar-refractivity contribution in [3.05, 3.63) is 0 Å². The van der Waals surface area contributed by atoms with Gasteiger partial charge in [-0.3, -0.25) is 0 Å². The largest absolute Gasteiger partial charge is 0.444 e. The molecule has 2 aliphatic rings. The van der Waals surface area contributed by atoms with E-state index in [2.05, 4.69) is 12.2 Å². The number of ether oxygens (including phenoxy) is 1. The Morgan fingerprint density at radius 1 is 1.32 bits per heavy atom. The molecule has 2 rings (SSSR count). The van der Waals surface area contributed by atoms with E-state index in [-0.39, 0.29) is 24.3 Å². The van der Waals surface area contributed by atoms with E-state index in [1.165, 1.54) is 0 Å². The van der Waals surface area contributed by atoms with Crippen molar-refractivity contribution in [3.8, 4) is 0 Å². The monoisotopic (exact) mass is 312 g/mol. The third-order valence-corrected chi connectivity index (χ3v) is 4.60. The van der Waals surface area contributed by atoms with Gasteiger partial charge in [-0.05, 0) is 52.9 Å². The molecule has 2 bridgehead atoms. The Bertz CT molecular complexity index is 367. The molecule has 0 spiro atoms. The van der Waals surface area contributed by atoms with Gasteiger partial charge in [0.1, 0.15) is 5.60 Å². The number of hydrogen-bond acceptors (Lipinski definition) is 4. The first-order valence-electron chi connectivity index (χ1n) is 8.73. The Morgan fingerprint density at radius 3 is 2.41 bits per heavy atom. The number of aliphatic hydroxyl groups excluding tert-OH is 1. The molecule has 1 amide bonds. The van der Waals surface area contributed by atoms with Crippen molar-refractivity contribution in [3.63, 3.8) is 0 Å². The second-order valence-electron chi connectivity index (χ2n) is 7.79. The molecule has 3 atom stereocenters. The normalized spacial score (nSPS) is 29.5. The van der Waals surface area contributed by atoms with Crippen molar-refractivity contribution >= 4 is 6.09 Å². The second kappa shape index (κ2) is 7.18. The maximum atomic E-state index is 12.4. The summed E-state index contributed by atoms with van der Waals surface area (Å²) in [5.41, 5.74) is -0.435. The van der Waals surface area contributed by atoms with Crippen LogP contribution in [-0.4, -0.2) is 52.5 Å². The summed E-state index contributed by atoms with van der Waals surface area (Å²) in [6.07, 6.45) is 5.50. The summed E-state index contributed by atoms with van der Waals surface area (Å²) < 4.78 is 5.55. The average Bonchev–Trinajstić information content (AvgIpc) is 2.66. The van der Waals surface area contributed by atoms with Crippen LogP contribution in [0.2, 0.25) is 0 Å². The molecule has 2 aliphatic heterocycles. The van der Waals surface area contributed by atoms with Crippen molar-refractivity contribution in [2.24, 2.45) is 0 Å². The minimum Gasteiger partial charge on any atom is -0.444 e. The van der Waals surface area contributed by atoms with Gasteiger partial charge in [0.25, 0.3) is 0 Å². The highest BCUT2D eigenvalue weighted by molar-refractivity contribution is 5.69. The molecule has 0 saturated carbocycles. The summed E-state index contributed by atoms with van der Waals surface area (Å²) in [5.74, 6) is 0. The fraction of sp³-hybridized carbons (Fsp3) is 0.941. The minimum absolute atomic E-state index is 0.163. The van der Waals surface area contributed by atoms with Crippen molar-refractivity contribution in [1.82, 2.24) is 10.2 Å². The first kappa shape index (κ1) is 17.5. The summed E-state index contributed by atoms with van der Waals surface area (Å²) in [6, 6.07) is 0.978. The lowest BCUT2D eigenvalue weighted by Crippen LogP contribution is -2.53. The molecule has 2 heterocycles. The number of aliphatic hydroxyl groups is 1. The third-order valence-electron chi connectivity index (χ3n) is 4.60. The van der Waals surface area contributed by atoms with Gasteiger partial charge >= 0.3 is 6.09 Å². The van der Waals surface area contributed by atoms with Crippen LogP contribution >= 0.6 is 0 Å². The predicted octanol–water partition coefficient (Wildman–Crippen LogP) is 2.67. The highest BCUT2D eigenvalue weighted by Crippen LogP contribution is 2.36. The molecule has 2 fully saturated rings. The minimum atomic E-state index is -0.435. The molecule has 0 aromatic rings. The second-order valence-corrected chi connectivity index (χ2v) is 7.79. The van der Waals surface area contributed by atoms with Crippen LogP contribution in [0.15, 0.2) is 0 Å². The number of nitrogens with zero attached hydrogens (tertiary/aromatic N) is 1. The Balaban J connectivity index is 1.85. The summed E-state index contributed by atoms with van der Waals surface area (Å²) in [7, 11) is 0. The molecular weight excluding hydrogens is 280 g/mol. The molecule has 0 aromatic heterocycles. The van der Waals surface area contributed by atoms with Gasteiger partial charge in [-0.1, -0.05) is 13.3 Å². The van der Waals surface area contributed by atoms with Gasteiger partial charge in [0.15, 0.2) is 0 Å². The van der Waals surface area contributed by atoms with Crippen molar-refractivity contribution in [2.45, 2.75) is 96.1 Å². The smallest absolute Gasteiger partial charge is 0.410 e. The predicted molar refractivity (Wildman–Crippen MR) is 86.8 cm³/mol. The Morgan fingerprint density at radius 2 is 1.91 bits per heavy atom. The molecule has 22 heavy (non-hydrogen) atoms. The van der Waals surface area contributed by atoms with E-state index in [0.717, 1.165) is 38.5 Å². The van der Waals surface area contributed by atoms with Crippen LogP contribution in [0.25, 0.3) is 0 Å². The number of carbonyl (C=O) groups is 1. The fourth-order valence-corrected chi connectivity index (χ4v) is 3.69. The van der Waals surface area contributed by atoms with Gasteiger partial charge < -0.3 is 20.1 Å². The zero-order valence-electron chi connectivity index (χ0n) is 14.5. The van der Waals surface area contributed by atoms with E-state index in [9.17, 15) is 9.90 Å². The zero-order valence-corrected chi connectivity index (χ0v) is 14.5. The zero-order chi connectivity index (χ0) is 16.3. The van der Waals surface area contributed by atoms with Crippen LogP contribution in [0.1, 0.15) is 66.2 Å². The maximum Gasteiger partial charge on any atom is 0.410 e. The molecule has 5 nitrogen and oxygen atoms in total.